The largest absolute Gasteiger partial charge is 0.508 e. The van der Waals surface area contributed by atoms with Crippen molar-refractivity contribution in [1.82, 2.24) is 4.90 Å². The van der Waals surface area contributed by atoms with Crippen molar-refractivity contribution in [2.45, 2.75) is 12.7 Å². The van der Waals surface area contributed by atoms with Gasteiger partial charge in [-0.05, 0) is 18.2 Å². The van der Waals surface area contributed by atoms with Crippen LogP contribution in [-0.2, 0) is 11.3 Å². The third-order valence-corrected chi connectivity index (χ3v) is 2.21. The zero-order valence-corrected chi connectivity index (χ0v) is 9.32. The molecule has 1 N–H and O–H groups in total. The lowest BCUT2D eigenvalue weighted by atomic mass is 10.1. The van der Waals surface area contributed by atoms with Crippen LogP contribution in [0.4, 0.5) is 13.2 Å². The van der Waals surface area contributed by atoms with E-state index in [4.69, 9.17) is 5.26 Å². The zero-order valence-electron chi connectivity index (χ0n) is 9.32. The summed E-state index contributed by atoms with van der Waals surface area (Å²) in [7, 11) is 0.967. The first-order valence-corrected chi connectivity index (χ1v) is 4.80. The number of nitriles is 1. The van der Waals surface area contributed by atoms with E-state index in [0.29, 0.717) is 4.90 Å². The summed E-state index contributed by atoms with van der Waals surface area (Å²) in [6.45, 7) is -0.431. The zero-order chi connectivity index (χ0) is 13.9. The molecular formula is C11H9F3N2O2. The molecule has 0 radical (unpaired) electrons. The molecule has 0 heterocycles. The van der Waals surface area contributed by atoms with Crippen LogP contribution in [-0.4, -0.2) is 29.1 Å². The standard InChI is InChI=1S/C11H9F3N2O2/c1-16(10(18)11(12,13)14)6-8-4-7(5-15)2-3-9(8)17/h2-4,17H,6H2,1H3. The fourth-order valence-corrected chi connectivity index (χ4v) is 1.33. The van der Waals surface area contributed by atoms with E-state index in [0.717, 1.165) is 7.05 Å². The molecule has 1 aromatic rings. The molecule has 0 aliphatic heterocycles. The number of benzene rings is 1. The van der Waals surface area contributed by atoms with Gasteiger partial charge in [-0.3, -0.25) is 4.79 Å². The topological polar surface area (TPSA) is 64.3 Å². The number of hydrogen-bond acceptors (Lipinski definition) is 3. The molecule has 0 bridgehead atoms. The van der Waals surface area contributed by atoms with Crippen LogP contribution in [0.25, 0.3) is 0 Å². The van der Waals surface area contributed by atoms with Crippen molar-refractivity contribution in [3.63, 3.8) is 0 Å². The Morgan fingerprint density at radius 3 is 2.61 bits per heavy atom. The molecule has 1 rings (SSSR count). The molecule has 0 saturated carbocycles. The molecule has 0 aliphatic rings. The number of hydrogen-bond donors (Lipinski definition) is 1. The maximum Gasteiger partial charge on any atom is 0.471 e. The van der Waals surface area contributed by atoms with Crippen LogP contribution in [0.2, 0.25) is 0 Å². The number of aromatic hydroxyl groups is 1. The number of halogens is 3. The van der Waals surface area contributed by atoms with Gasteiger partial charge < -0.3 is 10.0 Å². The van der Waals surface area contributed by atoms with Crippen LogP contribution in [0.1, 0.15) is 11.1 Å². The molecule has 0 fully saturated rings. The second-order valence-corrected chi connectivity index (χ2v) is 3.61. The number of phenolic OH excluding ortho intramolecular Hbond substituents is 1. The summed E-state index contributed by atoms with van der Waals surface area (Å²) in [5, 5.41) is 18.1. The van der Waals surface area contributed by atoms with Crippen molar-refractivity contribution in [2.75, 3.05) is 7.05 Å². The third kappa shape index (κ3) is 3.13. The Morgan fingerprint density at radius 1 is 1.50 bits per heavy atom. The van der Waals surface area contributed by atoms with Gasteiger partial charge in [0.05, 0.1) is 11.6 Å². The minimum atomic E-state index is -4.96. The Balaban J connectivity index is 2.92. The third-order valence-electron chi connectivity index (χ3n) is 2.21. The summed E-state index contributed by atoms with van der Waals surface area (Å²) in [5.74, 6) is -2.28. The molecule has 0 aromatic heterocycles. The fraction of sp³-hybridized carbons (Fsp3) is 0.273. The lowest BCUT2D eigenvalue weighted by Gasteiger charge is -2.19. The van der Waals surface area contributed by atoms with Crippen LogP contribution >= 0.6 is 0 Å². The van der Waals surface area contributed by atoms with Crippen LogP contribution < -0.4 is 0 Å². The molecule has 18 heavy (non-hydrogen) atoms. The predicted molar refractivity (Wildman–Crippen MR) is 55.4 cm³/mol. The number of alkyl halides is 3. The van der Waals surface area contributed by atoms with Gasteiger partial charge in [0.15, 0.2) is 0 Å². The minimum Gasteiger partial charge on any atom is -0.508 e. The van der Waals surface area contributed by atoms with Gasteiger partial charge >= 0.3 is 12.1 Å². The van der Waals surface area contributed by atoms with Crippen molar-refractivity contribution >= 4 is 5.91 Å². The number of phenols is 1. The van der Waals surface area contributed by atoms with E-state index in [9.17, 15) is 23.1 Å². The highest BCUT2D eigenvalue weighted by Gasteiger charge is 2.41. The van der Waals surface area contributed by atoms with Gasteiger partial charge in [0.1, 0.15) is 5.75 Å². The minimum absolute atomic E-state index is 0.0779. The van der Waals surface area contributed by atoms with Gasteiger partial charge in [0.25, 0.3) is 0 Å². The van der Waals surface area contributed by atoms with Gasteiger partial charge in [-0.2, -0.15) is 18.4 Å². The SMILES string of the molecule is CN(Cc1cc(C#N)ccc1O)C(=O)C(F)(F)F. The molecule has 0 saturated heterocycles. The Morgan fingerprint density at radius 2 is 2.11 bits per heavy atom. The van der Waals surface area contributed by atoms with Crippen LogP contribution in [0.3, 0.4) is 0 Å². The van der Waals surface area contributed by atoms with E-state index < -0.39 is 18.6 Å². The van der Waals surface area contributed by atoms with E-state index in [-0.39, 0.29) is 16.9 Å². The molecular weight excluding hydrogens is 249 g/mol. The first kappa shape index (κ1) is 13.8. The monoisotopic (exact) mass is 258 g/mol. The van der Waals surface area contributed by atoms with Gasteiger partial charge in [-0.15, -0.1) is 0 Å². The second kappa shape index (κ2) is 4.96. The van der Waals surface area contributed by atoms with E-state index >= 15 is 0 Å². The van der Waals surface area contributed by atoms with Crippen molar-refractivity contribution in [3.05, 3.63) is 29.3 Å². The fourth-order valence-electron chi connectivity index (χ4n) is 1.33. The van der Waals surface area contributed by atoms with E-state index in [1.807, 2.05) is 0 Å². The average molecular weight is 258 g/mol. The normalized spacial score (nSPS) is 10.8. The van der Waals surface area contributed by atoms with E-state index in [1.165, 1.54) is 18.2 Å². The highest BCUT2D eigenvalue weighted by atomic mass is 19.4. The van der Waals surface area contributed by atoms with Crippen molar-refractivity contribution in [2.24, 2.45) is 0 Å². The lowest BCUT2D eigenvalue weighted by molar-refractivity contribution is -0.184. The number of carbonyl (C=O) groups is 1. The van der Waals surface area contributed by atoms with Crippen LogP contribution in [0, 0.1) is 11.3 Å². The highest BCUT2D eigenvalue weighted by molar-refractivity contribution is 5.81. The maximum atomic E-state index is 12.1. The molecule has 96 valence electrons. The summed E-state index contributed by atoms with van der Waals surface area (Å²) in [5.41, 5.74) is 0.268. The molecule has 7 heteroatoms. The summed E-state index contributed by atoms with van der Waals surface area (Å²) in [6, 6.07) is 5.54. The molecule has 0 spiro atoms. The summed E-state index contributed by atoms with van der Waals surface area (Å²) >= 11 is 0. The van der Waals surface area contributed by atoms with Crippen molar-refractivity contribution in [1.29, 1.82) is 5.26 Å². The Bertz CT molecular complexity index is 506. The van der Waals surface area contributed by atoms with E-state index in [1.54, 1.807) is 6.07 Å². The van der Waals surface area contributed by atoms with Crippen LogP contribution in [0.15, 0.2) is 18.2 Å². The molecule has 1 aromatic carbocycles. The Hall–Kier alpha value is -2.23. The van der Waals surface area contributed by atoms with E-state index in [2.05, 4.69) is 0 Å². The van der Waals surface area contributed by atoms with Gasteiger partial charge in [-0.1, -0.05) is 0 Å². The Labute approximate surface area is 101 Å². The number of nitrogens with zero attached hydrogens (tertiary/aromatic N) is 2. The predicted octanol–water partition coefficient (Wildman–Crippen LogP) is 1.78. The van der Waals surface area contributed by atoms with Crippen LogP contribution in [0.5, 0.6) is 5.75 Å². The van der Waals surface area contributed by atoms with Crippen molar-refractivity contribution < 1.29 is 23.1 Å². The molecule has 0 aliphatic carbocycles. The first-order valence-electron chi connectivity index (χ1n) is 4.80. The average Bonchev–Trinajstić information content (AvgIpc) is 2.29. The van der Waals surface area contributed by atoms with Gasteiger partial charge in [0, 0.05) is 19.2 Å². The second-order valence-electron chi connectivity index (χ2n) is 3.61. The smallest absolute Gasteiger partial charge is 0.471 e. The number of rotatable bonds is 2. The summed E-state index contributed by atoms with van der Waals surface area (Å²) in [6.07, 6.45) is -4.96. The molecule has 0 unspecified atom stereocenters. The highest BCUT2D eigenvalue weighted by Crippen LogP contribution is 2.23. The first-order chi connectivity index (χ1) is 8.25. The summed E-state index contributed by atoms with van der Waals surface area (Å²) < 4.78 is 36.4. The Kier molecular flexibility index (Phi) is 3.81. The van der Waals surface area contributed by atoms with Gasteiger partial charge in [0.2, 0.25) is 0 Å². The maximum absolute atomic E-state index is 12.1. The quantitative estimate of drug-likeness (QED) is 0.879. The van der Waals surface area contributed by atoms with Gasteiger partial charge in [-0.25, -0.2) is 0 Å². The molecule has 4 nitrogen and oxygen atoms in total. The number of carbonyl (C=O) groups excluding carboxylic acids is 1. The lowest BCUT2D eigenvalue weighted by Crippen LogP contribution is -2.37. The molecule has 0 atom stereocenters. The molecule has 1 amide bonds. The number of amides is 1. The summed E-state index contributed by atoms with van der Waals surface area (Å²) in [4.78, 5) is 11.3. The van der Waals surface area contributed by atoms with Crippen molar-refractivity contribution in [3.8, 4) is 11.8 Å².